The Labute approximate surface area is 72.3 Å². The van der Waals surface area contributed by atoms with Crippen LogP contribution in [-0.4, -0.2) is 18.6 Å². The van der Waals surface area contributed by atoms with Crippen molar-refractivity contribution < 1.29 is 32.7 Å². The SMILES string of the molecule is C=[PH](CC)CC.[Y]. The molecule has 0 unspecified atom stereocenters. The Kier molecular flexibility index (Phi) is 11.9. The standard InChI is InChI=1S/C5H13P.Y/c1-4-6(3)5-2;/h6H,3-5H2,1-2H3;. The predicted molar refractivity (Wildman–Crippen MR) is 36.5 cm³/mol. The molecule has 0 aromatic carbocycles. The number of hydrogen-bond donors (Lipinski definition) is 0. The molecule has 0 aromatic heterocycles. The summed E-state index contributed by atoms with van der Waals surface area (Å²) in [6.07, 6.45) is 6.62. The molecule has 0 rings (SSSR count). The first kappa shape index (κ1) is 11.2. The zero-order valence-corrected chi connectivity index (χ0v) is 9.04. The van der Waals surface area contributed by atoms with Gasteiger partial charge in [0.25, 0.3) is 0 Å². The Bertz CT molecular complexity index is 46.0. The zero-order valence-electron chi connectivity index (χ0n) is 5.20. The Morgan fingerprint density at radius 2 is 1.57 bits per heavy atom. The second-order valence-corrected chi connectivity index (χ2v) is 4.37. The van der Waals surface area contributed by atoms with Crippen LogP contribution in [0.25, 0.3) is 0 Å². The number of hydrogen-bond acceptors (Lipinski definition) is 0. The molecule has 0 fully saturated rings. The molecule has 0 aliphatic rings. The molecular formula is C5H13PY. The van der Waals surface area contributed by atoms with E-state index in [9.17, 15) is 0 Å². The first-order chi connectivity index (χ1) is 2.81. The summed E-state index contributed by atoms with van der Waals surface area (Å²) in [5.74, 6) is 0. The Balaban J connectivity index is 0. The number of rotatable bonds is 2. The fourth-order valence-corrected chi connectivity index (χ4v) is 0.750. The molecule has 0 N–H and O–H groups in total. The third kappa shape index (κ3) is 7.40. The monoisotopic (exact) mass is 193 g/mol. The summed E-state index contributed by atoms with van der Waals surface area (Å²) in [5.41, 5.74) is 0. The van der Waals surface area contributed by atoms with Crippen LogP contribution in [0.5, 0.6) is 0 Å². The van der Waals surface area contributed by atoms with Crippen LogP contribution in [0.15, 0.2) is 0 Å². The average molecular weight is 193 g/mol. The van der Waals surface area contributed by atoms with Gasteiger partial charge in [-0.05, 0) is 12.3 Å². The third-order valence-corrected chi connectivity index (χ3v) is 3.00. The van der Waals surface area contributed by atoms with Crippen LogP contribution in [0.1, 0.15) is 13.8 Å². The van der Waals surface area contributed by atoms with Crippen LogP contribution in [-0.2, 0) is 32.7 Å². The van der Waals surface area contributed by atoms with Gasteiger partial charge in [0.05, 0.1) is 0 Å². The van der Waals surface area contributed by atoms with E-state index in [2.05, 4.69) is 20.1 Å². The van der Waals surface area contributed by atoms with Crippen molar-refractivity contribution in [2.75, 3.05) is 12.3 Å². The van der Waals surface area contributed by atoms with Gasteiger partial charge in [0.2, 0.25) is 0 Å². The summed E-state index contributed by atoms with van der Waals surface area (Å²) in [4.78, 5) is 0. The second kappa shape index (κ2) is 7.40. The molecule has 7 heavy (non-hydrogen) atoms. The fraction of sp³-hybridized carbons (Fsp3) is 0.800. The van der Waals surface area contributed by atoms with E-state index in [0.29, 0.717) is 0 Å². The maximum absolute atomic E-state index is 3.98. The molecule has 0 aliphatic heterocycles. The minimum absolute atomic E-state index is 0. The van der Waals surface area contributed by atoms with Crippen LogP contribution in [0.2, 0.25) is 0 Å². The summed E-state index contributed by atoms with van der Waals surface area (Å²) in [7, 11) is -0.118. The van der Waals surface area contributed by atoms with Gasteiger partial charge < -0.3 is 0 Å². The van der Waals surface area contributed by atoms with E-state index in [1.54, 1.807) is 0 Å². The summed E-state index contributed by atoms with van der Waals surface area (Å²) in [5, 5.41) is 0. The molecule has 0 nitrogen and oxygen atoms in total. The topological polar surface area (TPSA) is 0 Å². The minimum Gasteiger partial charge on any atom is -0.125 e. The van der Waals surface area contributed by atoms with Crippen LogP contribution in [0, 0.1) is 0 Å². The Morgan fingerprint density at radius 3 is 1.57 bits per heavy atom. The van der Waals surface area contributed by atoms with Crippen molar-refractivity contribution in [1.82, 2.24) is 0 Å². The fourth-order valence-electron chi connectivity index (χ4n) is 0.250. The van der Waals surface area contributed by atoms with Gasteiger partial charge in [-0.2, -0.15) is 0 Å². The molecule has 0 aromatic rings. The minimum atomic E-state index is -0.118. The molecule has 0 aliphatic carbocycles. The molecular weight excluding hydrogens is 180 g/mol. The first-order valence-corrected chi connectivity index (χ1v) is 4.60. The molecule has 1 radical (unpaired) electrons. The first-order valence-electron chi connectivity index (χ1n) is 2.47. The molecule has 2 heteroatoms. The van der Waals surface area contributed by atoms with Gasteiger partial charge in [0, 0.05) is 32.7 Å². The largest absolute Gasteiger partial charge is 0.125 e. The van der Waals surface area contributed by atoms with E-state index in [1.807, 2.05) is 0 Å². The molecule has 0 saturated carbocycles. The van der Waals surface area contributed by atoms with Crippen LogP contribution in [0.3, 0.4) is 0 Å². The zero-order chi connectivity index (χ0) is 4.99. The van der Waals surface area contributed by atoms with Gasteiger partial charge in [0.15, 0.2) is 0 Å². The maximum Gasteiger partial charge on any atom is 0 e. The van der Waals surface area contributed by atoms with Gasteiger partial charge in [0.1, 0.15) is 0 Å². The van der Waals surface area contributed by atoms with Crippen molar-refractivity contribution in [3.05, 3.63) is 0 Å². The molecule has 41 valence electrons. The normalized spacial score (nSPS) is 8.43. The van der Waals surface area contributed by atoms with Crippen molar-refractivity contribution in [2.24, 2.45) is 0 Å². The van der Waals surface area contributed by atoms with E-state index in [1.165, 1.54) is 12.3 Å². The molecule has 0 spiro atoms. The van der Waals surface area contributed by atoms with Crippen molar-refractivity contribution in [2.45, 2.75) is 13.8 Å². The average Bonchev–Trinajstić information content (AvgIpc) is 1.65. The van der Waals surface area contributed by atoms with E-state index < -0.39 is 0 Å². The maximum atomic E-state index is 3.98. The van der Waals surface area contributed by atoms with Crippen LogP contribution < -0.4 is 0 Å². The quantitative estimate of drug-likeness (QED) is 0.585. The molecule has 0 atom stereocenters. The van der Waals surface area contributed by atoms with E-state index in [-0.39, 0.29) is 40.3 Å². The Morgan fingerprint density at radius 1 is 1.29 bits per heavy atom. The van der Waals surface area contributed by atoms with E-state index >= 15 is 0 Å². The molecule has 0 heterocycles. The van der Waals surface area contributed by atoms with Crippen molar-refractivity contribution in [3.63, 3.8) is 0 Å². The van der Waals surface area contributed by atoms with Crippen LogP contribution in [0.4, 0.5) is 0 Å². The van der Waals surface area contributed by atoms with Crippen molar-refractivity contribution in [1.29, 1.82) is 0 Å². The van der Waals surface area contributed by atoms with Gasteiger partial charge in [-0.3, -0.25) is 0 Å². The predicted octanol–water partition coefficient (Wildman–Crippen LogP) is 1.67. The van der Waals surface area contributed by atoms with Crippen molar-refractivity contribution >= 4 is 13.8 Å². The van der Waals surface area contributed by atoms with Crippen molar-refractivity contribution in [3.8, 4) is 0 Å². The van der Waals surface area contributed by atoms with Gasteiger partial charge >= 0.3 is 0 Å². The Hall–Kier alpha value is 1.40. The summed E-state index contributed by atoms with van der Waals surface area (Å²) in [6, 6.07) is 0. The van der Waals surface area contributed by atoms with Gasteiger partial charge in [-0.15, -0.1) is 13.8 Å². The molecule has 0 saturated heterocycles. The van der Waals surface area contributed by atoms with Gasteiger partial charge in [-0.25, -0.2) is 0 Å². The molecule has 0 amide bonds. The van der Waals surface area contributed by atoms with E-state index in [4.69, 9.17) is 0 Å². The van der Waals surface area contributed by atoms with Gasteiger partial charge in [-0.1, -0.05) is 13.8 Å². The van der Waals surface area contributed by atoms with E-state index in [0.717, 1.165) is 0 Å². The third-order valence-electron chi connectivity index (χ3n) is 1.000. The summed E-state index contributed by atoms with van der Waals surface area (Å²) < 4.78 is 0. The second-order valence-electron chi connectivity index (χ2n) is 1.46. The summed E-state index contributed by atoms with van der Waals surface area (Å²) in [6.45, 7) is 4.43. The smallest absolute Gasteiger partial charge is 0 e. The summed E-state index contributed by atoms with van der Waals surface area (Å²) >= 11 is 0. The molecule has 0 bridgehead atoms. The van der Waals surface area contributed by atoms with Crippen LogP contribution >= 0.6 is 7.55 Å².